The summed E-state index contributed by atoms with van der Waals surface area (Å²) < 4.78 is 26.9. The molecule has 0 bridgehead atoms. The van der Waals surface area contributed by atoms with Gasteiger partial charge in [0.1, 0.15) is 4.90 Å². The van der Waals surface area contributed by atoms with Crippen LogP contribution in [0.5, 0.6) is 0 Å². The van der Waals surface area contributed by atoms with Crippen molar-refractivity contribution < 1.29 is 8.42 Å². The number of sulfonamides is 1. The lowest BCUT2D eigenvalue weighted by atomic mass is 10.4. The first kappa shape index (κ1) is 13.3. The lowest BCUT2D eigenvalue weighted by Gasteiger charge is -2.26. The molecule has 0 saturated carbocycles. The summed E-state index contributed by atoms with van der Waals surface area (Å²) >= 11 is 9.24. The van der Waals surface area contributed by atoms with E-state index in [-0.39, 0.29) is 9.92 Å². The fraction of sp³-hybridized carbons (Fsp3) is 0.400. The minimum absolute atomic E-state index is 0.171. The molecule has 1 saturated heterocycles. The minimum Gasteiger partial charge on any atom is -0.314 e. The first-order valence-corrected chi connectivity index (χ1v) is 7.79. The highest BCUT2D eigenvalue weighted by atomic mass is 79.9. The van der Waals surface area contributed by atoms with Crippen LogP contribution in [-0.2, 0) is 10.0 Å². The summed E-state index contributed by atoms with van der Waals surface area (Å²) in [7, 11) is -3.47. The number of hydrogen-bond acceptors (Lipinski definition) is 3. The van der Waals surface area contributed by atoms with Crippen molar-refractivity contribution in [1.29, 1.82) is 0 Å². The normalized spacial score (nSPS) is 18.2. The first-order valence-electron chi connectivity index (χ1n) is 5.18. The molecular formula is C10H12BrClN2O2S. The van der Waals surface area contributed by atoms with Crippen molar-refractivity contribution in [3.8, 4) is 0 Å². The molecule has 0 radical (unpaired) electrons. The second kappa shape index (κ2) is 5.24. The van der Waals surface area contributed by atoms with Gasteiger partial charge in [-0.15, -0.1) is 0 Å². The molecule has 1 aliphatic heterocycles. The van der Waals surface area contributed by atoms with Crippen LogP contribution in [-0.4, -0.2) is 38.9 Å². The maximum absolute atomic E-state index is 12.3. The quantitative estimate of drug-likeness (QED) is 0.892. The molecule has 1 fully saturated rings. The zero-order chi connectivity index (χ0) is 12.5. The molecule has 0 aromatic heterocycles. The summed E-state index contributed by atoms with van der Waals surface area (Å²) in [6.45, 7) is 2.31. The molecule has 17 heavy (non-hydrogen) atoms. The van der Waals surface area contributed by atoms with Crippen LogP contribution >= 0.6 is 27.5 Å². The molecule has 0 amide bonds. The molecule has 1 N–H and O–H groups in total. The van der Waals surface area contributed by atoms with Crippen LogP contribution in [0, 0.1) is 0 Å². The zero-order valence-corrected chi connectivity index (χ0v) is 12.1. The third-order valence-electron chi connectivity index (χ3n) is 2.59. The molecule has 1 aromatic rings. The van der Waals surface area contributed by atoms with Crippen LogP contribution < -0.4 is 5.32 Å². The van der Waals surface area contributed by atoms with E-state index in [0.717, 1.165) is 4.47 Å². The Morgan fingerprint density at radius 2 is 1.94 bits per heavy atom. The molecule has 2 rings (SSSR count). The summed E-state index contributed by atoms with van der Waals surface area (Å²) in [6, 6.07) is 4.81. The fourth-order valence-electron chi connectivity index (χ4n) is 1.71. The van der Waals surface area contributed by atoms with Gasteiger partial charge in [0.05, 0.1) is 5.02 Å². The predicted octanol–water partition coefficient (Wildman–Crippen LogP) is 1.70. The van der Waals surface area contributed by atoms with Gasteiger partial charge in [-0.25, -0.2) is 8.42 Å². The van der Waals surface area contributed by atoms with Crippen LogP contribution in [0.1, 0.15) is 0 Å². The summed E-state index contributed by atoms with van der Waals surface area (Å²) in [5, 5.41) is 3.36. The van der Waals surface area contributed by atoms with Gasteiger partial charge in [0.25, 0.3) is 0 Å². The van der Waals surface area contributed by atoms with E-state index in [1.807, 2.05) is 0 Å². The number of hydrogen-bond donors (Lipinski definition) is 1. The zero-order valence-electron chi connectivity index (χ0n) is 8.99. The third kappa shape index (κ3) is 2.82. The Morgan fingerprint density at radius 3 is 2.53 bits per heavy atom. The summed E-state index contributed by atoms with van der Waals surface area (Å²) in [4.78, 5) is 0.171. The highest BCUT2D eigenvalue weighted by molar-refractivity contribution is 9.10. The molecule has 0 atom stereocenters. The number of nitrogens with zero attached hydrogens (tertiary/aromatic N) is 1. The van der Waals surface area contributed by atoms with Crippen LogP contribution in [0.2, 0.25) is 5.02 Å². The van der Waals surface area contributed by atoms with Gasteiger partial charge in [0.15, 0.2) is 0 Å². The fourth-order valence-corrected chi connectivity index (χ4v) is 4.16. The highest BCUT2D eigenvalue weighted by Gasteiger charge is 2.27. The smallest absolute Gasteiger partial charge is 0.244 e. The van der Waals surface area contributed by atoms with E-state index in [1.54, 1.807) is 12.1 Å². The Balaban J connectivity index is 2.37. The summed E-state index contributed by atoms with van der Waals surface area (Å²) in [5.41, 5.74) is 0. The van der Waals surface area contributed by atoms with Crippen molar-refractivity contribution in [1.82, 2.24) is 9.62 Å². The average Bonchev–Trinajstić information content (AvgIpc) is 2.29. The molecule has 0 aliphatic carbocycles. The van der Waals surface area contributed by atoms with Crippen molar-refractivity contribution in [2.45, 2.75) is 4.90 Å². The van der Waals surface area contributed by atoms with Gasteiger partial charge in [-0.3, -0.25) is 0 Å². The number of piperazine rings is 1. The molecule has 7 heteroatoms. The van der Waals surface area contributed by atoms with Crippen molar-refractivity contribution in [2.75, 3.05) is 26.2 Å². The Labute approximate surface area is 114 Å². The van der Waals surface area contributed by atoms with Gasteiger partial charge >= 0.3 is 0 Å². The van der Waals surface area contributed by atoms with Crippen LogP contribution in [0.15, 0.2) is 27.6 Å². The van der Waals surface area contributed by atoms with E-state index in [1.165, 1.54) is 10.4 Å². The van der Waals surface area contributed by atoms with Crippen LogP contribution in [0.3, 0.4) is 0 Å². The van der Waals surface area contributed by atoms with E-state index >= 15 is 0 Å². The number of halogens is 2. The van der Waals surface area contributed by atoms with Gasteiger partial charge in [-0.05, 0) is 18.2 Å². The Kier molecular flexibility index (Phi) is 4.10. The maximum atomic E-state index is 12.3. The lowest BCUT2D eigenvalue weighted by molar-refractivity contribution is 0.360. The first-order chi connectivity index (χ1) is 8.01. The van der Waals surface area contributed by atoms with Crippen molar-refractivity contribution in [3.63, 3.8) is 0 Å². The van der Waals surface area contributed by atoms with Gasteiger partial charge in [-0.1, -0.05) is 27.5 Å². The van der Waals surface area contributed by atoms with Crippen molar-refractivity contribution >= 4 is 37.6 Å². The van der Waals surface area contributed by atoms with E-state index < -0.39 is 10.0 Å². The second-order valence-electron chi connectivity index (χ2n) is 3.73. The second-order valence-corrected chi connectivity index (χ2v) is 6.96. The summed E-state index contributed by atoms with van der Waals surface area (Å²) in [5.74, 6) is 0. The Morgan fingerprint density at radius 1 is 1.29 bits per heavy atom. The molecular weight excluding hydrogens is 328 g/mol. The van der Waals surface area contributed by atoms with Crippen LogP contribution in [0.4, 0.5) is 0 Å². The van der Waals surface area contributed by atoms with E-state index in [9.17, 15) is 8.42 Å². The SMILES string of the molecule is O=S(=O)(c1ccc(Br)cc1Cl)N1CCNCC1. The monoisotopic (exact) mass is 338 g/mol. The van der Waals surface area contributed by atoms with Gasteiger partial charge in [0, 0.05) is 30.7 Å². The minimum atomic E-state index is -3.47. The Bertz CT molecular complexity index is 515. The van der Waals surface area contributed by atoms with Crippen molar-refractivity contribution in [2.24, 2.45) is 0 Å². The van der Waals surface area contributed by atoms with Gasteiger partial charge < -0.3 is 5.32 Å². The standard InChI is InChI=1S/C10H12BrClN2O2S/c11-8-1-2-10(9(12)7-8)17(15,16)14-5-3-13-4-6-14/h1-2,7,13H,3-6H2. The Hall–Kier alpha value is -0.140. The van der Waals surface area contributed by atoms with E-state index in [4.69, 9.17) is 11.6 Å². The van der Waals surface area contributed by atoms with Gasteiger partial charge in [-0.2, -0.15) is 4.31 Å². The van der Waals surface area contributed by atoms with E-state index in [2.05, 4.69) is 21.2 Å². The average molecular weight is 340 g/mol. The maximum Gasteiger partial charge on any atom is 0.244 e. The molecule has 1 aliphatic rings. The largest absolute Gasteiger partial charge is 0.314 e. The van der Waals surface area contributed by atoms with Crippen LogP contribution in [0.25, 0.3) is 0 Å². The van der Waals surface area contributed by atoms with E-state index in [0.29, 0.717) is 26.2 Å². The molecule has 1 heterocycles. The molecule has 0 spiro atoms. The molecule has 0 unspecified atom stereocenters. The number of benzene rings is 1. The topological polar surface area (TPSA) is 49.4 Å². The predicted molar refractivity (Wildman–Crippen MR) is 70.8 cm³/mol. The lowest BCUT2D eigenvalue weighted by Crippen LogP contribution is -2.46. The van der Waals surface area contributed by atoms with Crippen molar-refractivity contribution in [3.05, 3.63) is 27.7 Å². The molecule has 4 nitrogen and oxygen atoms in total. The summed E-state index contributed by atoms with van der Waals surface area (Å²) in [6.07, 6.45) is 0. The number of nitrogens with one attached hydrogen (secondary N) is 1. The highest BCUT2D eigenvalue weighted by Crippen LogP contribution is 2.27. The molecule has 1 aromatic carbocycles. The number of rotatable bonds is 2. The van der Waals surface area contributed by atoms with Gasteiger partial charge in [0.2, 0.25) is 10.0 Å². The third-order valence-corrected chi connectivity index (χ3v) is 5.46. The molecule has 94 valence electrons.